The molecular formula is C24H42IN5O. The molecule has 0 bridgehead atoms. The predicted molar refractivity (Wildman–Crippen MR) is 142 cm³/mol. The molecule has 0 saturated carbocycles. The van der Waals surface area contributed by atoms with Gasteiger partial charge in [-0.1, -0.05) is 19.1 Å². The maximum absolute atomic E-state index is 9.32. The van der Waals surface area contributed by atoms with E-state index < -0.39 is 0 Å². The molecule has 2 aliphatic heterocycles. The number of benzene rings is 1. The van der Waals surface area contributed by atoms with Crippen molar-refractivity contribution in [1.82, 2.24) is 15.5 Å². The van der Waals surface area contributed by atoms with Crippen LogP contribution < -0.4 is 15.5 Å². The molecule has 0 aliphatic carbocycles. The molecule has 0 unspecified atom stereocenters. The fraction of sp³-hybridized carbons (Fsp3) is 0.708. The monoisotopic (exact) mass is 543 g/mol. The van der Waals surface area contributed by atoms with Crippen LogP contribution in [0.4, 0.5) is 5.69 Å². The molecule has 176 valence electrons. The van der Waals surface area contributed by atoms with Gasteiger partial charge in [0.2, 0.25) is 0 Å². The molecule has 2 aliphatic rings. The average molecular weight is 544 g/mol. The van der Waals surface area contributed by atoms with Crippen molar-refractivity contribution in [3.05, 3.63) is 29.8 Å². The number of aliphatic hydroxyl groups is 1. The molecule has 0 atom stereocenters. The quantitative estimate of drug-likeness (QED) is 0.267. The van der Waals surface area contributed by atoms with Gasteiger partial charge in [-0.3, -0.25) is 0 Å². The molecule has 6 nitrogen and oxygen atoms in total. The lowest BCUT2D eigenvalue weighted by Crippen LogP contribution is -2.48. The van der Waals surface area contributed by atoms with Gasteiger partial charge < -0.3 is 25.5 Å². The van der Waals surface area contributed by atoms with E-state index in [0.29, 0.717) is 25.1 Å². The van der Waals surface area contributed by atoms with Crippen LogP contribution in [-0.4, -0.2) is 67.9 Å². The van der Waals surface area contributed by atoms with E-state index in [1.807, 2.05) is 0 Å². The number of guanidine groups is 1. The Morgan fingerprint density at radius 2 is 1.71 bits per heavy atom. The molecule has 1 aromatic carbocycles. The molecule has 2 fully saturated rings. The first kappa shape index (κ1) is 26.2. The summed E-state index contributed by atoms with van der Waals surface area (Å²) >= 11 is 0. The zero-order valence-electron chi connectivity index (χ0n) is 19.4. The van der Waals surface area contributed by atoms with Crippen LogP contribution in [0.25, 0.3) is 0 Å². The number of nitrogens with one attached hydrogen (secondary N) is 2. The Balaban J connectivity index is 0.00000341. The summed E-state index contributed by atoms with van der Waals surface area (Å²) < 4.78 is 0. The Labute approximate surface area is 205 Å². The lowest BCUT2D eigenvalue weighted by atomic mass is 9.97. The van der Waals surface area contributed by atoms with Crippen molar-refractivity contribution < 1.29 is 5.11 Å². The van der Waals surface area contributed by atoms with Crippen LogP contribution in [0.3, 0.4) is 0 Å². The standard InChI is InChI=1S/C24H41N5O.HI/c1-3-13-28-14-11-22(12-15-28)27-24(25-4-2)26-18-20-5-7-23(8-6-20)29-16-9-21(19-30)10-17-29;/h5-8,21-22,30H,3-4,9-19H2,1-2H3,(H2,25,26,27);1H. The normalized spacial score (nSPS) is 19.2. The predicted octanol–water partition coefficient (Wildman–Crippen LogP) is 3.44. The molecule has 3 N–H and O–H groups in total. The summed E-state index contributed by atoms with van der Waals surface area (Å²) in [4.78, 5) is 9.83. The van der Waals surface area contributed by atoms with Crippen molar-refractivity contribution in [2.75, 3.05) is 50.8 Å². The van der Waals surface area contributed by atoms with Gasteiger partial charge in [-0.25, -0.2) is 4.99 Å². The van der Waals surface area contributed by atoms with Gasteiger partial charge >= 0.3 is 0 Å². The second-order valence-electron chi connectivity index (χ2n) is 8.73. The van der Waals surface area contributed by atoms with Gasteiger partial charge in [0.1, 0.15) is 0 Å². The smallest absolute Gasteiger partial charge is 0.191 e. The third-order valence-corrected chi connectivity index (χ3v) is 6.41. The van der Waals surface area contributed by atoms with Crippen LogP contribution in [0, 0.1) is 5.92 Å². The number of hydrogen-bond donors (Lipinski definition) is 3. The first-order valence-electron chi connectivity index (χ1n) is 11.9. The Hall–Kier alpha value is -1.06. The molecule has 0 radical (unpaired) electrons. The number of aliphatic hydroxyl groups excluding tert-OH is 1. The first-order valence-corrected chi connectivity index (χ1v) is 11.9. The SMILES string of the molecule is CCCN1CCC(NC(=NCc2ccc(N3CCC(CO)CC3)cc2)NCC)CC1.I. The number of rotatable bonds is 8. The second-order valence-corrected chi connectivity index (χ2v) is 8.73. The molecule has 1 aromatic rings. The van der Waals surface area contributed by atoms with Gasteiger partial charge in [0.15, 0.2) is 5.96 Å². The number of piperidine rings is 2. The van der Waals surface area contributed by atoms with Crippen molar-refractivity contribution >= 4 is 35.6 Å². The van der Waals surface area contributed by atoms with Crippen LogP contribution >= 0.6 is 24.0 Å². The number of likely N-dealkylation sites (tertiary alicyclic amines) is 1. The van der Waals surface area contributed by atoms with Gasteiger partial charge in [-0.05, 0) is 69.2 Å². The van der Waals surface area contributed by atoms with Crippen molar-refractivity contribution in [1.29, 1.82) is 0 Å². The largest absolute Gasteiger partial charge is 0.396 e. The highest BCUT2D eigenvalue weighted by molar-refractivity contribution is 14.0. The maximum atomic E-state index is 9.32. The van der Waals surface area contributed by atoms with Crippen LogP contribution in [0.1, 0.15) is 51.5 Å². The zero-order valence-corrected chi connectivity index (χ0v) is 21.7. The number of aliphatic imine (C=N–C) groups is 1. The van der Waals surface area contributed by atoms with E-state index in [-0.39, 0.29) is 24.0 Å². The van der Waals surface area contributed by atoms with Crippen molar-refractivity contribution in [2.24, 2.45) is 10.9 Å². The molecule has 31 heavy (non-hydrogen) atoms. The van der Waals surface area contributed by atoms with Gasteiger partial charge in [-0.2, -0.15) is 0 Å². The van der Waals surface area contributed by atoms with Crippen molar-refractivity contribution in [3.63, 3.8) is 0 Å². The summed E-state index contributed by atoms with van der Waals surface area (Å²) in [6.45, 7) is 11.9. The number of halogens is 1. The fourth-order valence-corrected chi connectivity index (χ4v) is 4.49. The van der Waals surface area contributed by atoms with Crippen LogP contribution in [-0.2, 0) is 6.54 Å². The third kappa shape index (κ3) is 8.42. The summed E-state index contributed by atoms with van der Waals surface area (Å²) in [5.41, 5.74) is 2.52. The number of anilines is 1. The topological polar surface area (TPSA) is 63.1 Å². The van der Waals surface area contributed by atoms with Gasteiger partial charge in [0.05, 0.1) is 6.54 Å². The highest BCUT2D eigenvalue weighted by Crippen LogP contribution is 2.23. The third-order valence-electron chi connectivity index (χ3n) is 6.41. The maximum Gasteiger partial charge on any atom is 0.191 e. The van der Waals surface area contributed by atoms with Crippen molar-refractivity contribution in [2.45, 2.75) is 58.5 Å². The Bertz CT molecular complexity index is 638. The lowest BCUT2D eigenvalue weighted by molar-refractivity contribution is 0.203. The van der Waals surface area contributed by atoms with E-state index in [9.17, 15) is 5.11 Å². The molecule has 0 spiro atoms. The molecule has 2 saturated heterocycles. The van der Waals surface area contributed by atoms with Gasteiger partial charge in [0, 0.05) is 51.1 Å². The van der Waals surface area contributed by atoms with E-state index in [1.54, 1.807) is 0 Å². The summed E-state index contributed by atoms with van der Waals surface area (Å²) in [6, 6.07) is 9.34. The number of nitrogens with zero attached hydrogens (tertiary/aromatic N) is 3. The Morgan fingerprint density at radius 3 is 2.29 bits per heavy atom. The van der Waals surface area contributed by atoms with Gasteiger partial charge in [0.25, 0.3) is 0 Å². The van der Waals surface area contributed by atoms with Crippen molar-refractivity contribution in [3.8, 4) is 0 Å². The fourth-order valence-electron chi connectivity index (χ4n) is 4.49. The summed E-state index contributed by atoms with van der Waals surface area (Å²) in [6.07, 6.45) is 5.77. The average Bonchev–Trinajstić information content (AvgIpc) is 2.79. The highest BCUT2D eigenvalue weighted by atomic mass is 127. The summed E-state index contributed by atoms with van der Waals surface area (Å²) in [7, 11) is 0. The van der Waals surface area contributed by atoms with Crippen LogP contribution in [0.5, 0.6) is 0 Å². The van der Waals surface area contributed by atoms with Crippen LogP contribution in [0.2, 0.25) is 0 Å². The zero-order chi connectivity index (χ0) is 21.2. The Morgan fingerprint density at radius 1 is 1.03 bits per heavy atom. The highest BCUT2D eigenvalue weighted by Gasteiger charge is 2.20. The lowest BCUT2D eigenvalue weighted by Gasteiger charge is -2.33. The van der Waals surface area contributed by atoms with E-state index in [4.69, 9.17) is 4.99 Å². The van der Waals surface area contributed by atoms with Gasteiger partial charge in [-0.15, -0.1) is 24.0 Å². The Kier molecular flexibility index (Phi) is 12.0. The minimum Gasteiger partial charge on any atom is -0.396 e. The second kappa shape index (κ2) is 14.2. The van der Waals surface area contributed by atoms with E-state index in [1.165, 1.54) is 50.1 Å². The van der Waals surface area contributed by atoms with E-state index in [2.05, 4.69) is 58.5 Å². The molecule has 0 amide bonds. The molecular weight excluding hydrogens is 501 g/mol. The molecule has 7 heteroatoms. The van der Waals surface area contributed by atoms with Crippen LogP contribution in [0.15, 0.2) is 29.3 Å². The minimum atomic E-state index is 0. The van der Waals surface area contributed by atoms with E-state index >= 15 is 0 Å². The van der Waals surface area contributed by atoms with E-state index in [0.717, 1.165) is 38.4 Å². The number of hydrogen-bond acceptors (Lipinski definition) is 4. The summed E-state index contributed by atoms with van der Waals surface area (Å²) in [5, 5.41) is 16.4. The molecule has 0 aromatic heterocycles. The minimum absolute atomic E-state index is 0. The molecule has 2 heterocycles. The first-order chi connectivity index (χ1) is 14.7. The summed E-state index contributed by atoms with van der Waals surface area (Å²) in [5.74, 6) is 1.41. The molecule has 3 rings (SSSR count).